The van der Waals surface area contributed by atoms with Crippen molar-refractivity contribution in [1.82, 2.24) is 10.1 Å². The van der Waals surface area contributed by atoms with E-state index in [1.807, 2.05) is 0 Å². The second kappa shape index (κ2) is 4.80. The van der Waals surface area contributed by atoms with Crippen LogP contribution in [0.2, 0.25) is 0 Å². The molecule has 80 valence electrons. The molecule has 0 aromatic carbocycles. The lowest BCUT2D eigenvalue weighted by Crippen LogP contribution is -2.16. The molecule has 4 heteroatoms. The number of rotatable bonds is 2. The van der Waals surface area contributed by atoms with Gasteiger partial charge >= 0.3 is 0 Å². The largest absolute Gasteiger partial charge is 0.359 e. The second-order valence-corrected chi connectivity index (χ2v) is 3.71. The maximum absolute atomic E-state index is 5.32. The lowest BCUT2D eigenvalue weighted by Gasteiger charge is -2.15. The molecule has 0 N–H and O–H groups in total. The Morgan fingerprint density at radius 2 is 2.43 bits per heavy atom. The Kier molecular flexibility index (Phi) is 3.96. The van der Waals surface area contributed by atoms with Crippen LogP contribution < -0.4 is 0 Å². The van der Waals surface area contributed by atoms with Crippen molar-refractivity contribution in [3.8, 4) is 0 Å². The van der Waals surface area contributed by atoms with Crippen molar-refractivity contribution in [2.45, 2.75) is 32.2 Å². The highest BCUT2D eigenvalue weighted by atomic mass is 35.5. The number of hydrogen-bond donors (Lipinski definition) is 0. The van der Waals surface area contributed by atoms with Gasteiger partial charge in [0.05, 0.1) is 11.7 Å². The summed E-state index contributed by atoms with van der Waals surface area (Å²) in [4.78, 5) is 2.33. The summed E-state index contributed by atoms with van der Waals surface area (Å²) in [5.74, 6) is 1.04. The molecule has 1 aliphatic heterocycles. The minimum atomic E-state index is 0. The van der Waals surface area contributed by atoms with Gasteiger partial charge in [0.1, 0.15) is 0 Å². The van der Waals surface area contributed by atoms with Crippen molar-refractivity contribution in [3.05, 3.63) is 17.5 Å². The first-order valence-corrected chi connectivity index (χ1v) is 4.97. The van der Waals surface area contributed by atoms with E-state index in [0.717, 1.165) is 17.9 Å². The lowest BCUT2D eigenvalue weighted by molar-refractivity contribution is 0.251. The zero-order valence-corrected chi connectivity index (χ0v) is 9.51. The molecule has 0 spiro atoms. The summed E-state index contributed by atoms with van der Waals surface area (Å²) < 4.78 is 5.32. The summed E-state index contributed by atoms with van der Waals surface area (Å²) in [5.41, 5.74) is 1.07. The fraction of sp³-hybridized carbons (Fsp3) is 0.700. The summed E-state index contributed by atoms with van der Waals surface area (Å²) in [5, 5.41) is 4.01. The molecular weight excluding hydrogens is 200 g/mol. The Bertz CT molecular complexity index is 287. The lowest BCUT2D eigenvalue weighted by atomic mass is 10.1. The topological polar surface area (TPSA) is 29.3 Å². The van der Waals surface area contributed by atoms with Crippen LogP contribution in [0.1, 0.15) is 37.3 Å². The van der Waals surface area contributed by atoms with Crippen molar-refractivity contribution in [2.75, 3.05) is 13.6 Å². The Morgan fingerprint density at radius 1 is 1.64 bits per heavy atom. The van der Waals surface area contributed by atoms with Crippen molar-refractivity contribution in [2.24, 2.45) is 0 Å². The van der Waals surface area contributed by atoms with Gasteiger partial charge < -0.3 is 4.52 Å². The van der Waals surface area contributed by atoms with Gasteiger partial charge in [-0.05, 0) is 32.9 Å². The number of nitrogens with zero attached hydrogens (tertiary/aromatic N) is 2. The minimum absolute atomic E-state index is 0. The normalized spacial score (nSPS) is 22.3. The van der Waals surface area contributed by atoms with Gasteiger partial charge in [0.2, 0.25) is 0 Å². The molecule has 1 saturated heterocycles. The Balaban J connectivity index is 0.000000980. The number of halogens is 1. The van der Waals surface area contributed by atoms with Gasteiger partial charge in [-0.2, -0.15) is 0 Å². The molecule has 1 fully saturated rings. The molecule has 2 rings (SSSR count). The number of aromatic nitrogens is 1. The van der Waals surface area contributed by atoms with E-state index in [1.54, 1.807) is 0 Å². The van der Waals surface area contributed by atoms with Crippen LogP contribution in [-0.4, -0.2) is 23.6 Å². The molecule has 1 aromatic heterocycles. The molecular formula is C10H17ClN2O. The zero-order valence-electron chi connectivity index (χ0n) is 8.69. The van der Waals surface area contributed by atoms with Crippen LogP contribution in [0.25, 0.3) is 0 Å². The molecule has 0 radical (unpaired) electrons. The third-order valence-electron chi connectivity index (χ3n) is 2.79. The van der Waals surface area contributed by atoms with Gasteiger partial charge in [-0.3, -0.25) is 4.90 Å². The van der Waals surface area contributed by atoms with Gasteiger partial charge in [-0.15, -0.1) is 12.4 Å². The van der Waals surface area contributed by atoms with E-state index in [9.17, 15) is 0 Å². The first kappa shape index (κ1) is 11.5. The summed E-state index contributed by atoms with van der Waals surface area (Å²) in [7, 11) is 2.14. The fourth-order valence-electron chi connectivity index (χ4n) is 1.92. The molecule has 3 nitrogen and oxygen atoms in total. The van der Waals surface area contributed by atoms with Gasteiger partial charge in [-0.25, -0.2) is 0 Å². The van der Waals surface area contributed by atoms with Crippen LogP contribution in [0, 0.1) is 0 Å². The zero-order chi connectivity index (χ0) is 9.26. The highest BCUT2D eigenvalue weighted by molar-refractivity contribution is 5.85. The molecule has 14 heavy (non-hydrogen) atoms. The third-order valence-corrected chi connectivity index (χ3v) is 2.79. The first-order valence-electron chi connectivity index (χ1n) is 4.97. The highest BCUT2D eigenvalue weighted by Crippen LogP contribution is 2.30. The van der Waals surface area contributed by atoms with Crippen molar-refractivity contribution < 1.29 is 4.52 Å². The molecule has 1 atom stereocenters. The smallest absolute Gasteiger partial charge is 0.154 e. The number of aryl methyl sites for hydroxylation is 1. The maximum atomic E-state index is 5.32. The van der Waals surface area contributed by atoms with Crippen molar-refractivity contribution in [3.63, 3.8) is 0 Å². The fourth-order valence-corrected chi connectivity index (χ4v) is 1.92. The predicted octanol–water partition coefficient (Wildman–Crippen LogP) is 2.43. The quantitative estimate of drug-likeness (QED) is 0.761. The van der Waals surface area contributed by atoms with Gasteiger partial charge in [0, 0.05) is 6.07 Å². The second-order valence-electron chi connectivity index (χ2n) is 3.71. The van der Waals surface area contributed by atoms with Crippen LogP contribution >= 0.6 is 12.4 Å². The van der Waals surface area contributed by atoms with E-state index in [4.69, 9.17) is 4.52 Å². The van der Waals surface area contributed by atoms with Crippen LogP contribution in [-0.2, 0) is 6.42 Å². The summed E-state index contributed by atoms with van der Waals surface area (Å²) >= 11 is 0. The average molecular weight is 217 g/mol. The van der Waals surface area contributed by atoms with Gasteiger partial charge in [0.15, 0.2) is 5.76 Å². The minimum Gasteiger partial charge on any atom is -0.359 e. The molecule has 0 saturated carbocycles. The SMILES string of the molecule is CCc1cc([C@H]2CCCN2C)on1.Cl. The van der Waals surface area contributed by atoms with E-state index in [-0.39, 0.29) is 12.4 Å². The van der Waals surface area contributed by atoms with Gasteiger partial charge in [0.25, 0.3) is 0 Å². The monoisotopic (exact) mass is 216 g/mol. The Hall–Kier alpha value is -0.540. The van der Waals surface area contributed by atoms with E-state index in [1.165, 1.54) is 19.4 Å². The maximum Gasteiger partial charge on any atom is 0.154 e. The Morgan fingerprint density at radius 3 is 2.93 bits per heavy atom. The molecule has 1 aliphatic rings. The van der Waals surface area contributed by atoms with Crippen LogP contribution in [0.3, 0.4) is 0 Å². The molecule has 0 amide bonds. The summed E-state index contributed by atoms with van der Waals surface area (Å²) in [6.45, 7) is 3.27. The van der Waals surface area contributed by atoms with Crippen molar-refractivity contribution in [1.29, 1.82) is 0 Å². The van der Waals surface area contributed by atoms with E-state index >= 15 is 0 Å². The number of likely N-dealkylation sites (tertiary alicyclic amines) is 1. The number of hydrogen-bond acceptors (Lipinski definition) is 3. The molecule has 1 aromatic rings. The molecule has 0 aliphatic carbocycles. The third kappa shape index (κ3) is 2.10. The molecule has 0 unspecified atom stereocenters. The standard InChI is InChI=1S/C10H16N2O.ClH/c1-3-8-7-10(13-11-8)9-5-4-6-12(9)2;/h7,9H,3-6H2,1-2H3;1H/t9-;/m1./s1. The summed E-state index contributed by atoms with van der Waals surface area (Å²) in [6, 6.07) is 2.56. The van der Waals surface area contributed by atoms with Crippen molar-refractivity contribution >= 4 is 12.4 Å². The van der Waals surface area contributed by atoms with Crippen LogP contribution in [0.15, 0.2) is 10.6 Å². The van der Waals surface area contributed by atoms with E-state index < -0.39 is 0 Å². The van der Waals surface area contributed by atoms with E-state index in [2.05, 4.69) is 30.1 Å². The van der Waals surface area contributed by atoms with E-state index in [0.29, 0.717) is 6.04 Å². The van der Waals surface area contributed by atoms with Crippen LogP contribution in [0.5, 0.6) is 0 Å². The average Bonchev–Trinajstić information content (AvgIpc) is 2.71. The molecule has 0 bridgehead atoms. The molecule has 2 heterocycles. The van der Waals surface area contributed by atoms with Crippen LogP contribution in [0.4, 0.5) is 0 Å². The first-order chi connectivity index (χ1) is 6.31. The Labute approximate surface area is 90.9 Å². The predicted molar refractivity (Wildman–Crippen MR) is 57.7 cm³/mol. The summed E-state index contributed by atoms with van der Waals surface area (Å²) in [6.07, 6.45) is 3.43. The highest BCUT2D eigenvalue weighted by Gasteiger charge is 2.25. The van der Waals surface area contributed by atoms with Gasteiger partial charge in [-0.1, -0.05) is 12.1 Å².